The molecular weight excluding hydrogens is 426 g/mol. The first-order valence-electron chi connectivity index (χ1n) is 7.92. The van der Waals surface area contributed by atoms with E-state index >= 15 is 0 Å². The summed E-state index contributed by atoms with van der Waals surface area (Å²) in [6, 6.07) is 7.40. The second kappa shape index (κ2) is 9.88. The van der Waals surface area contributed by atoms with Gasteiger partial charge in [0.25, 0.3) is 0 Å². The first kappa shape index (κ1) is 20.6. The Kier molecular flexibility index (Phi) is 7.55. The van der Waals surface area contributed by atoms with E-state index in [1.165, 1.54) is 0 Å². The van der Waals surface area contributed by atoms with Crippen LogP contribution in [0.15, 0.2) is 35.5 Å². The number of ether oxygens (including phenoxy) is 1. The van der Waals surface area contributed by atoms with Gasteiger partial charge in [-0.05, 0) is 21.5 Å². The summed E-state index contributed by atoms with van der Waals surface area (Å²) in [6.07, 6.45) is -1.73. The standard InChI is InChI=1S/C16H18BrN3O7/c17-13-6-11(27-19-13)8-20(18-12(15(23)24)7-14(21)22)16(25)26-9-10-4-2-1-3-5-10/h1-5,11-12,18H,6-9H2,(H,21,22)(H,23,24)/t11?,12-/m0/s1. The van der Waals surface area contributed by atoms with E-state index in [1.54, 1.807) is 24.3 Å². The molecule has 0 radical (unpaired) electrons. The minimum absolute atomic E-state index is 0.0275. The van der Waals surface area contributed by atoms with Crippen LogP contribution in [0, 0.1) is 0 Å². The number of carboxylic acid groups (broad SMARTS) is 2. The van der Waals surface area contributed by atoms with Crippen LogP contribution in [0.2, 0.25) is 0 Å². The van der Waals surface area contributed by atoms with Gasteiger partial charge in [-0.15, -0.1) is 0 Å². The molecule has 0 fully saturated rings. The van der Waals surface area contributed by atoms with Gasteiger partial charge < -0.3 is 19.8 Å². The third-order valence-corrected chi connectivity index (χ3v) is 3.97. The number of carbonyl (C=O) groups is 3. The number of nitrogens with zero attached hydrogens (tertiary/aromatic N) is 2. The lowest BCUT2D eigenvalue weighted by Crippen LogP contribution is -2.54. The van der Waals surface area contributed by atoms with Gasteiger partial charge >= 0.3 is 18.0 Å². The number of hydrazine groups is 1. The molecule has 1 unspecified atom stereocenters. The Labute approximate surface area is 162 Å². The topological polar surface area (TPSA) is 138 Å². The fourth-order valence-electron chi connectivity index (χ4n) is 2.22. The van der Waals surface area contributed by atoms with Crippen LogP contribution >= 0.6 is 15.9 Å². The molecule has 3 N–H and O–H groups in total. The van der Waals surface area contributed by atoms with Crippen molar-refractivity contribution in [1.82, 2.24) is 10.4 Å². The molecule has 1 aliphatic rings. The molecule has 0 saturated carbocycles. The highest BCUT2D eigenvalue weighted by Gasteiger charge is 2.30. The molecular formula is C16H18BrN3O7. The molecule has 146 valence electrons. The number of carbonyl (C=O) groups excluding carboxylic acids is 1. The van der Waals surface area contributed by atoms with Crippen molar-refractivity contribution in [2.45, 2.75) is 31.6 Å². The largest absolute Gasteiger partial charge is 0.481 e. The minimum atomic E-state index is -1.52. The van der Waals surface area contributed by atoms with E-state index in [2.05, 4.69) is 26.5 Å². The quantitative estimate of drug-likeness (QED) is 0.488. The third-order valence-electron chi connectivity index (χ3n) is 3.50. The fourth-order valence-corrected chi connectivity index (χ4v) is 2.67. The maximum atomic E-state index is 12.4. The number of nitrogens with one attached hydrogen (secondary N) is 1. The van der Waals surface area contributed by atoms with Crippen LogP contribution in [0.1, 0.15) is 18.4 Å². The highest BCUT2D eigenvalue weighted by Crippen LogP contribution is 2.16. The zero-order valence-corrected chi connectivity index (χ0v) is 15.7. The molecule has 1 aromatic rings. The average Bonchev–Trinajstić information content (AvgIpc) is 3.03. The van der Waals surface area contributed by atoms with Gasteiger partial charge in [-0.2, -0.15) is 0 Å². The van der Waals surface area contributed by atoms with Crippen molar-refractivity contribution in [3.8, 4) is 0 Å². The van der Waals surface area contributed by atoms with Crippen molar-refractivity contribution in [2.24, 2.45) is 5.16 Å². The van der Waals surface area contributed by atoms with Crippen LogP contribution in [0.5, 0.6) is 0 Å². The van der Waals surface area contributed by atoms with Gasteiger partial charge in [0.2, 0.25) is 0 Å². The second-order valence-corrected chi connectivity index (χ2v) is 6.58. The Bertz CT molecular complexity index is 713. The number of benzene rings is 1. The number of oxime groups is 1. The molecule has 11 heteroatoms. The van der Waals surface area contributed by atoms with Crippen LogP contribution in [-0.4, -0.2) is 56.6 Å². The number of amides is 1. The van der Waals surface area contributed by atoms with Crippen molar-refractivity contribution in [3.63, 3.8) is 0 Å². The highest BCUT2D eigenvalue weighted by molar-refractivity contribution is 9.18. The predicted molar refractivity (Wildman–Crippen MR) is 96.0 cm³/mol. The monoisotopic (exact) mass is 443 g/mol. The van der Waals surface area contributed by atoms with E-state index in [4.69, 9.17) is 14.7 Å². The molecule has 1 aromatic carbocycles. The Morgan fingerprint density at radius 1 is 1.33 bits per heavy atom. The van der Waals surface area contributed by atoms with Crippen molar-refractivity contribution < 1.29 is 34.2 Å². The van der Waals surface area contributed by atoms with Crippen LogP contribution in [0.4, 0.5) is 4.79 Å². The normalized spacial score (nSPS) is 16.8. The molecule has 1 heterocycles. The first-order valence-corrected chi connectivity index (χ1v) is 8.71. The van der Waals surface area contributed by atoms with Crippen LogP contribution in [-0.2, 0) is 25.8 Å². The number of halogens is 1. The summed E-state index contributed by atoms with van der Waals surface area (Å²) < 4.78 is 5.74. The molecule has 2 rings (SSSR count). The van der Waals surface area contributed by atoms with Crippen LogP contribution < -0.4 is 5.43 Å². The SMILES string of the molecule is O=C(O)C[C@H](NN(CC1CC(Br)=NO1)C(=O)OCc1ccccc1)C(=O)O. The predicted octanol–water partition coefficient (Wildman–Crippen LogP) is 1.56. The van der Waals surface area contributed by atoms with Crippen molar-refractivity contribution in [3.05, 3.63) is 35.9 Å². The number of hydrogen-bond acceptors (Lipinski definition) is 7. The lowest BCUT2D eigenvalue weighted by atomic mass is 10.2. The highest BCUT2D eigenvalue weighted by atomic mass is 79.9. The zero-order valence-electron chi connectivity index (χ0n) is 14.1. The van der Waals surface area contributed by atoms with E-state index in [0.717, 1.165) is 10.6 Å². The maximum Gasteiger partial charge on any atom is 0.424 e. The summed E-state index contributed by atoms with van der Waals surface area (Å²) >= 11 is 3.17. The van der Waals surface area contributed by atoms with E-state index in [1.807, 2.05) is 6.07 Å². The molecule has 1 amide bonds. The van der Waals surface area contributed by atoms with Gasteiger partial charge in [0.1, 0.15) is 17.3 Å². The second-order valence-electron chi connectivity index (χ2n) is 5.67. The number of rotatable bonds is 9. The lowest BCUT2D eigenvalue weighted by molar-refractivity contribution is -0.147. The zero-order chi connectivity index (χ0) is 19.8. The average molecular weight is 444 g/mol. The van der Waals surface area contributed by atoms with Crippen molar-refractivity contribution >= 4 is 38.6 Å². The van der Waals surface area contributed by atoms with E-state index < -0.39 is 36.6 Å². The van der Waals surface area contributed by atoms with Gasteiger partial charge in [-0.25, -0.2) is 15.2 Å². The molecule has 0 spiro atoms. The van der Waals surface area contributed by atoms with Gasteiger partial charge in [0.05, 0.1) is 13.0 Å². The Morgan fingerprint density at radius 2 is 2.04 bits per heavy atom. The Morgan fingerprint density at radius 3 is 2.59 bits per heavy atom. The first-order chi connectivity index (χ1) is 12.8. The molecule has 27 heavy (non-hydrogen) atoms. The molecule has 0 aromatic heterocycles. The summed E-state index contributed by atoms with van der Waals surface area (Å²) in [6.45, 7) is -0.115. The molecule has 0 saturated heterocycles. The molecule has 2 atom stereocenters. The number of hydrogen-bond donors (Lipinski definition) is 3. The summed E-state index contributed by atoms with van der Waals surface area (Å²) in [7, 11) is 0. The number of carboxylic acids is 2. The summed E-state index contributed by atoms with van der Waals surface area (Å²) in [4.78, 5) is 39.7. The van der Waals surface area contributed by atoms with E-state index in [9.17, 15) is 19.5 Å². The third kappa shape index (κ3) is 6.87. The fraction of sp³-hybridized carbons (Fsp3) is 0.375. The lowest BCUT2D eigenvalue weighted by Gasteiger charge is -2.27. The Balaban J connectivity index is 2.03. The van der Waals surface area contributed by atoms with E-state index in [0.29, 0.717) is 11.0 Å². The van der Waals surface area contributed by atoms with Crippen molar-refractivity contribution in [2.75, 3.05) is 6.54 Å². The van der Waals surface area contributed by atoms with Gasteiger partial charge in [0.15, 0.2) is 6.10 Å². The summed E-state index contributed by atoms with van der Waals surface area (Å²) in [5.74, 6) is -2.74. The molecule has 10 nitrogen and oxygen atoms in total. The smallest absolute Gasteiger partial charge is 0.424 e. The van der Waals surface area contributed by atoms with Gasteiger partial charge in [-0.1, -0.05) is 35.5 Å². The van der Waals surface area contributed by atoms with Crippen LogP contribution in [0.3, 0.4) is 0 Å². The Hall–Kier alpha value is -2.66. The number of aliphatic carboxylic acids is 2. The molecule has 1 aliphatic heterocycles. The van der Waals surface area contributed by atoms with E-state index in [-0.39, 0.29) is 13.2 Å². The minimum Gasteiger partial charge on any atom is -0.481 e. The summed E-state index contributed by atoms with van der Waals surface area (Å²) in [5, 5.41) is 22.7. The van der Waals surface area contributed by atoms with Crippen molar-refractivity contribution in [1.29, 1.82) is 0 Å². The summed E-state index contributed by atoms with van der Waals surface area (Å²) in [5.41, 5.74) is 3.14. The molecule has 0 bridgehead atoms. The molecule has 0 aliphatic carbocycles. The van der Waals surface area contributed by atoms with Gasteiger partial charge in [-0.3, -0.25) is 9.59 Å². The maximum absolute atomic E-state index is 12.4. The van der Waals surface area contributed by atoms with Gasteiger partial charge in [0, 0.05) is 6.42 Å². The van der Waals surface area contributed by atoms with Crippen LogP contribution in [0.25, 0.3) is 0 Å².